The van der Waals surface area contributed by atoms with Gasteiger partial charge in [-0.25, -0.2) is 4.39 Å². The first-order valence-corrected chi connectivity index (χ1v) is 4.22. The first-order chi connectivity index (χ1) is 5.77. The van der Waals surface area contributed by atoms with Crippen LogP contribution < -0.4 is 0 Å². The standard InChI is InChI=1S/C11H11F/c1-8(9-5-6-9)10-3-2-4-11(12)7-10/h2-4,7,9H,1,5-6H2. The summed E-state index contributed by atoms with van der Waals surface area (Å²) in [5.41, 5.74) is 2.05. The molecule has 0 aromatic heterocycles. The summed E-state index contributed by atoms with van der Waals surface area (Å²) in [7, 11) is 0. The van der Waals surface area contributed by atoms with Crippen molar-refractivity contribution in [3.8, 4) is 0 Å². The molecule has 12 heavy (non-hydrogen) atoms. The molecule has 1 heteroatoms. The Morgan fingerprint density at radius 1 is 1.42 bits per heavy atom. The molecule has 1 aromatic rings. The summed E-state index contributed by atoms with van der Waals surface area (Å²) in [4.78, 5) is 0. The van der Waals surface area contributed by atoms with Gasteiger partial charge in [-0.15, -0.1) is 0 Å². The molecule has 0 N–H and O–H groups in total. The predicted octanol–water partition coefficient (Wildman–Crippen LogP) is 3.25. The van der Waals surface area contributed by atoms with Gasteiger partial charge in [-0.2, -0.15) is 0 Å². The van der Waals surface area contributed by atoms with Gasteiger partial charge in [0, 0.05) is 0 Å². The molecule has 0 radical (unpaired) electrons. The molecule has 0 amide bonds. The minimum Gasteiger partial charge on any atom is -0.207 e. The van der Waals surface area contributed by atoms with E-state index in [1.807, 2.05) is 6.07 Å². The summed E-state index contributed by atoms with van der Waals surface area (Å²) in [6.07, 6.45) is 2.44. The van der Waals surface area contributed by atoms with Crippen LogP contribution in [0.25, 0.3) is 5.57 Å². The maximum Gasteiger partial charge on any atom is 0.123 e. The third kappa shape index (κ3) is 1.40. The number of benzene rings is 1. The van der Waals surface area contributed by atoms with Crippen LogP contribution >= 0.6 is 0 Å². The van der Waals surface area contributed by atoms with E-state index in [0.29, 0.717) is 5.92 Å². The largest absolute Gasteiger partial charge is 0.207 e. The first-order valence-electron chi connectivity index (χ1n) is 4.22. The summed E-state index contributed by atoms with van der Waals surface area (Å²) in [6.45, 7) is 3.96. The first kappa shape index (κ1) is 7.53. The van der Waals surface area contributed by atoms with E-state index in [9.17, 15) is 4.39 Å². The third-order valence-electron chi connectivity index (χ3n) is 2.27. The number of hydrogen-bond acceptors (Lipinski definition) is 0. The number of halogens is 1. The molecule has 0 unspecified atom stereocenters. The minimum atomic E-state index is -0.172. The Morgan fingerprint density at radius 2 is 2.17 bits per heavy atom. The molecular weight excluding hydrogens is 151 g/mol. The highest BCUT2D eigenvalue weighted by molar-refractivity contribution is 5.66. The van der Waals surface area contributed by atoms with Crippen LogP contribution in [-0.2, 0) is 0 Å². The topological polar surface area (TPSA) is 0 Å². The Kier molecular flexibility index (Phi) is 1.72. The molecule has 1 aromatic carbocycles. The fraction of sp³-hybridized carbons (Fsp3) is 0.273. The zero-order chi connectivity index (χ0) is 8.55. The maximum atomic E-state index is 12.8. The molecule has 1 fully saturated rings. The Hall–Kier alpha value is -1.11. The molecule has 1 aliphatic rings. The van der Waals surface area contributed by atoms with E-state index in [2.05, 4.69) is 6.58 Å². The van der Waals surface area contributed by atoms with Crippen LogP contribution in [0.4, 0.5) is 4.39 Å². The summed E-state index contributed by atoms with van der Waals surface area (Å²) in [6, 6.07) is 6.67. The van der Waals surface area contributed by atoms with Crippen molar-refractivity contribution < 1.29 is 4.39 Å². The molecule has 1 aliphatic carbocycles. The Labute approximate surface area is 71.7 Å². The monoisotopic (exact) mass is 162 g/mol. The Morgan fingerprint density at radius 3 is 2.75 bits per heavy atom. The van der Waals surface area contributed by atoms with Crippen molar-refractivity contribution in [2.45, 2.75) is 12.8 Å². The summed E-state index contributed by atoms with van der Waals surface area (Å²) in [5, 5.41) is 0. The summed E-state index contributed by atoms with van der Waals surface area (Å²) < 4.78 is 12.8. The van der Waals surface area contributed by atoms with Crippen LogP contribution in [0.2, 0.25) is 0 Å². The van der Waals surface area contributed by atoms with Crippen molar-refractivity contribution in [1.82, 2.24) is 0 Å². The molecule has 0 aliphatic heterocycles. The molecule has 0 heterocycles. The zero-order valence-electron chi connectivity index (χ0n) is 6.89. The van der Waals surface area contributed by atoms with Crippen molar-refractivity contribution in [2.75, 3.05) is 0 Å². The highest BCUT2D eigenvalue weighted by Crippen LogP contribution is 2.40. The van der Waals surface area contributed by atoms with Gasteiger partial charge in [0.2, 0.25) is 0 Å². The van der Waals surface area contributed by atoms with E-state index in [-0.39, 0.29) is 5.82 Å². The molecule has 62 valence electrons. The van der Waals surface area contributed by atoms with Gasteiger partial charge in [-0.3, -0.25) is 0 Å². The van der Waals surface area contributed by atoms with Crippen LogP contribution in [-0.4, -0.2) is 0 Å². The molecule has 0 bridgehead atoms. The average molecular weight is 162 g/mol. The fourth-order valence-electron chi connectivity index (χ4n) is 1.36. The molecule has 2 rings (SSSR count). The highest BCUT2D eigenvalue weighted by Gasteiger charge is 2.25. The summed E-state index contributed by atoms with van der Waals surface area (Å²) in [5.74, 6) is 0.445. The van der Waals surface area contributed by atoms with Crippen LogP contribution in [0, 0.1) is 11.7 Å². The van der Waals surface area contributed by atoms with Crippen molar-refractivity contribution >= 4 is 5.57 Å². The predicted molar refractivity (Wildman–Crippen MR) is 48.2 cm³/mol. The van der Waals surface area contributed by atoms with Crippen LogP contribution in [0.5, 0.6) is 0 Å². The van der Waals surface area contributed by atoms with E-state index in [1.54, 1.807) is 12.1 Å². The fourth-order valence-corrected chi connectivity index (χ4v) is 1.36. The lowest BCUT2D eigenvalue weighted by Gasteiger charge is -2.02. The maximum absolute atomic E-state index is 12.8. The Balaban J connectivity index is 2.26. The van der Waals surface area contributed by atoms with Gasteiger partial charge in [0.05, 0.1) is 0 Å². The lowest BCUT2D eigenvalue weighted by molar-refractivity contribution is 0.627. The number of rotatable bonds is 2. The zero-order valence-corrected chi connectivity index (χ0v) is 6.89. The minimum absolute atomic E-state index is 0.172. The summed E-state index contributed by atoms with van der Waals surface area (Å²) >= 11 is 0. The Bertz CT molecular complexity index is 311. The lowest BCUT2D eigenvalue weighted by Crippen LogP contribution is -1.85. The second-order valence-electron chi connectivity index (χ2n) is 3.31. The normalized spacial score (nSPS) is 16.1. The highest BCUT2D eigenvalue weighted by atomic mass is 19.1. The van der Waals surface area contributed by atoms with E-state index < -0.39 is 0 Å². The molecular formula is C11H11F. The van der Waals surface area contributed by atoms with Gasteiger partial charge < -0.3 is 0 Å². The van der Waals surface area contributed by atoms with E-state index in [1.165, 1.54) is 18.9 Å². The van der Waals surface area contributed by atoms with Gasteiger partial charge >= 0.3 is 0 Å². The van der Waals surface area contributed by atoms with Crippen LogP contribution in [0.3, 0.4) is 0 Å². The van der Waals surface area contributed by atoms with Gasteiger partial charge in [0.1, 0.15) is 5.82 Å². The second-order valence-corrected chi connectivity index (χ2v) is 3.31. The SMILES string of the molecule is C=C(c1cccc(F)c1)C1CC1. The van der Waals surface area contributed by atoms with E-state index in [4.69, 9.17) is 0 Å². The van der Waals surface area contributed by atoms with Crippen molar-refractivity contribution in [1.29, 1.82) is 0 Å². The number of hydrogen-bond donors (Lipinski definition) is 0. The second kappa shape index (κ2) is 2.74. The molecule has 0 spiro atoms. The van der Waals surface area contributed by atoms with Gasteiger partial charge in [0.15, 0.2) is 0 Å². The molecule has 0 atom stereocenters. The van der Waals surface area contributed by atoms with Crippen molar-refractivity contribution in [3.63, 3.8) is 0 Å². The van der Waals surface area contributed by atoms with Crippen molar-refractivity contribution in [3.05, 3.63) is 42.2 Å². The van der Waals surface area contributed by atoms with Gasteiger partial charge in [0.25, 0.3) is 0 Å². The van der Waals surface area contributed by atoms with Gasteiger partial charge in [-0.1, -0.05) is 18.7 Å². The van der Waals surface area contributed by atoms with Crippen LogP contribution in [0.1, 0.15) is 18.4 Å². The van der Waals surface area contributed by atoms with E-state index >= 15 is 0 Å². The van der Waals surface area contributed by atoms with Gasteiger partial charge in [-0.05, 0) is 42.0 Å². The third-order valence-corrected chi connectivity index (χ3v) is 2.27. The van der Waals surface area contributed by atoms with Crippen molar-refractivity contribution in [2.24, 2.45) is 5.92 Å². The quantitative estimate of drug-likeness (QED) is 0.626. The molecule has 0 nitrogen and oxygen atoms in total. The molecule has 0 saturated heterocycles. The lowest BCUT2D eigenvalue weighted by atomic mass is 10.0. The van der Waals surface area contributed by atoms with Crippen LogP contribution in [0.15, 0.2) is 30.8 Å². The van der Waals surface area contributed by atoms with E-state index in [0.717, 1.165) is 11.1 Å². The molecule has 1 saturated carbocycles. The smallest absolute Gasteiger partial charge is 0.123 e. The number of allylic oxidation sites excluding steroid dienone is 1. The average Bonchev–Trinajstić information content (AvgIpc) is 2.85.